The van der Waals surface area contributed by atoms with Crippen LogP contribution in [0.2, 0.25) is 0 Å². The van der Waals surface area contributed by atoms with Crippen molar-refractivity contribution >= 4 is 26.7 Å². The number of methoxy groups -OCH3 is 3. The Bertz CT molecular complexity index is 890. The predicted molar refractivity (Wildman–Crippen MR) is 103 cm³/mol. The number of hydrogen-bond donors (Lipinski definition) is 0. The second kappa shape index (κ2) is 7.43. The summed E-state index contributed by atoms with van der Waals surface area (Å²) < 4.78 is 22.9. The van der Waals surface area contributed by atoms with Crippen LogP contribution in [0.4, 0.5) is 5.13 Å². The fourth-order valence-corrected chi connectivity index (χ4v) is 4.14. The van der Waals surface area contributed by atoms with Crippen molar-refractivity contribution in [3.05, 3.63) is 24.5 Å². The second-order valence-corrected chi connectivity index (χ2v) is 7.00. The lowest BCUT2D eigenvalue weighted by Gasteiger charge is -2.15. The van der Waals surface area contributed by atoms with Crippen LogP contribution in [0.25, 0.3) is 10.2 Å². The molecule has 0 amide bonds. The van der Waals surface area contributed by atoms with E-state index in [4.69, 9.17) is 23.9 Å². The fraction of sp³-hybridized carbons (Fsp3) is 0.389. The van der Waals surface area contributed by atoms with Gasteiger partial charge in [-0.2, -0.15) is 9.97 Å². The van der Waals surface area contributed by atoms with Crippen LogP contribution in [-0.2, 0) is 0 Å². The lowest BCUT2D eigenvalue weighted by atomic mass is 10.3. The van der Waals surface area contributed by atoms with Crippen molar-refractivity contribution in [2.24, 2.45) is 0 Å². The van der Waals surface area contributed by atoms with E-state index < -0.39 is 0 Å². The average molecular weight is 388 g/mol. The van der Waals surface area contributed by atoms with Crippen molar-refractivity contribution < 1.29 is 18.9 Å². The van der Waals surface area contributed by atoms with E-state index in [9.17, 15) is 0 Å². The van der Waals surface area contributed by atoms with E-state index in [-0.39, 0.29) is 6.10 Å². The molecular formula is C18H20N4O4S. The molecular weight excluding hydrogens is 368 g/mol. The van der Waals surface area contributed by atoms with E-state index in [2.05, 4.69) is 14.9 Å². The number of thiazole rings is 1. The Hall–Kier alpha value is -2.81. The first-order valence-electron chi connectivity index (χ1n) is 8.51. The lowest BCUT2D eigenvalue weighted by molar-refractivity contribution is 0.205. The second-order valence-electron chi connectivity index (χ2n) is 6.02. The number of nitrogens with zero attached hydrogens (tertiary/aromatic N) is 4. The zero-order valence-electron chi connectivity index (χ0n) is 15.3. The number of aromatic nitrogens is 3. The molecule has 4 rings (SSSR count). The van der Waals surface area contributed by atoms with Crippen LogP contribution in [0.1, 0.15) is 6.42 Å². The summed E-state index contributed by atoms with van der Waals surface area (Å²) in [4.78, 5) is 15.3. The lowest BCUT2D eigenvalue weighted by Crippen LogP contribution is -2.24. The molecule has 1 unspecified atom stereocenters. The summed E-state index contributed by atoms with van der Waals surface area (Å²) in [6.45, 7) is 1.57. The van der Waals surface area contributed by atoms with Crippen molar-refractivity contribution in [2.75, 3.05) is 39.3 Å². The number of anilines is 1. The van der Waals surface area contributed by atoms with Crippen molar-refractivity contribution in [1.82, 2.24) is 15.0 Å². The third-order valence-electron chi connectivity index (χ3n) is 4.43. The van der Waals surface area contributed by atoms with Gasteiger partial charge < -0.3 is 23.8 Å². The third-order valence-corrected chi connectivity index (χ3v) is 5.56. The summed E-state index contributed by atoms with van der Waals surface area (Å²) in [5.74, 6) is 2.15. The molecule has 0 bridgehead atoms. The first kappa shape index (κ1) is 17.6. The standard InChI is InChI=1S/C18H20N4O4S/c1-23-12-8-19-17(20-9-12)26-11-6-7-22(10-11)18-21-15-13(24-2)4-5-14(25-3)16(15)27-18/h4-5,8-9,11H,6-7,10H2,1-3H3. The summed E-state index contributed by atoms with van der Waals surface area (Å²) in [6.07, 6.45) is 4.08. The largest absolute Gasteiger partial charge is 0.495 e. The molecule has 0 spiro atoms. The van der Waals surface area contributed by atoms with Crippen molar-refractivity contribution in [3.8, 4) is 23.3 Å². The van der Waals surface area contributed by atoms with Gasteiger partial charge in [0.15, 0.2) is 10.9 Å². The van der Waals surface area contributed by atoms with E-state index >= 15 is 0 Å². The maximum absolute atomic E-state index is 5.90. The molecule has 0 aliphatic carbocycles. The predicted octanol–water partition coefficient (Wildman–Crippen LogP) is 2.77. The number of hydrogen-bond acceptors (Lipinski definition) is 9. The minimum Gasteiger partial charge on any atom is -0.495 e. The quantitative estimate of drug-likeness (QED) is 0.638. The zero-order chi connectivity index (χ0) is 18.8. The highest BCUT2D eigenvalue weighted by atomic mass is 32.1. The van der Waals surface area contributed by atoms with Gasteiger partial charge in [0.1, 0.15) is 27.8 Å². The van der Waals surface area contributed by atoms with Crippen LogP contribution < -0.4 is 23.8 Å². The maximum atomic E-state index is 5.90. The molecule has 2 aromatic heterocycles. The van der Waals surface area contributed by atoms with Crippen LogP contribution >= 0.6 is 11.3 Å². The summed E-state index contributed by atoms with van der Waals surface area (Å²) >= 11 is 1.60. The van der Waals surface area contributed by atoms with Crippen LogP contribution in [-0.4, -0.2) is 55.5 Å². The molecule has 1 fully saturated rings. The minimum absolute atomic E-state index is 0.00852. The van der Waals surface area contributed by atoms with Crippen molar-refractivity contribution in [1.29, 1.82) is 0 Å². The monoisotopic (exact) mass is 388 g/mol. The van der Waals surface area contributed by atoms with Crippen LogP contribution in [0.15, 0.2) is 24.5 Å². The molecule has 1 saturated heterocycles. The molecule has 1 aromatic carbocycles. The molecule has 142 valence electrons. The molecule has 0 saturated carbocycles. The number of benzene rings is 1. The molecule has 27 heavy (non-hydrogen) atoms. The van der Waals surface area contributed by atoms with E-state index in [0.717, 1.165) is 46.4 Å². The van der Waals surface area contributed by atoms with Gasteiger partial charge in [-0.25, -0.2) is 4.98 Å². The van der Waals surface area contributed by atoms with Gasteiger partial charge in [0.05, 0.1) is 40.3 Å². The van der Waals surface area contributed by atoms with E-state index in [0.29, 0.717) is 11.8 Å². The Morgan fingerprint density at radius 2 is 1.78 bits per heavy atom. The number of rotatable bonds is 6. The van der Waals surface area contributed by atoms with Crippen molar-refractivity contribution in [3.63, 3.8) is 0 Å². The number of fused-ring (bicyclic) bond motifs is 1. The molecule has 0 N–H and O–H groups in total. The Balaban J connectivity index is 1.51. The van der Waals surface area contributed by atoms with Crippen LogP contribution in [0.3, 0.4) is 0 Å². The van der Waals surface area contributed by atoms with Gasteiger partial charge >= 0.3 is 6.01 Å². The first-order valence-corrected chi connectivity index (χ1v) is 9.32. The molecule has 0 radical (unpaired) electrons. The molecule has 8 nitrogen and oxygen atoms in total. The third kappa shape index (κ3) is 3.42. The highest BCUT2D eigenvalue weighted by molar-refractivity contribution is 7.22. The van der Waals surface area contributed by atoms with Gasteiger partial charge in [0.2, 0.25) is 0 Å². The van der Waals surface area contributed by atoms with E-state index in [1.165, 1.54) is 0 Å². The number of ether oxygens (including phenoxy) is 4. The van der Waals surface area contributed by atoms with Gasteiger partial charge in [0.25, 0.3) is 0 Å². The summed E-state index contributed by atoms with van der Waals surface area (Å²) in [5, 5.41) is 0.926. The highest BCUT2D eigenvalue weighted by Crippen LogP contribution is 2.40. The Morgan fingerprint density at radius 3 is 2.48 bits per heavy atom. The van der Waals surface area contributed by atoms with Crippen molar-refractivity contribution in [2.45, 2.75) is 12.5 Å². The molecule has 3 aromatic rings. The van der Waals surface area contributed by atoms with E-state index in [1.54, 1.807) is 45.1 Å². The topological polar surface area (TPSA) is 78.8 Å². The molecule has 3 heterocycles. The summed E-state index contributed by atoms with van der Waals surface area (Å²) in [7, 11) is 4.89. The Kier molecular flexibility index (Phi) is 4.85. The zero-order valence-corrected chi connectivity index (χ0v) is 16.2. The molecule has 9 heteroatoms. The summed E-state index contributed by atoms with van der Waals surface area (Å²) in [5.41, 5.74) is 0.819. The Morgan fingerprint density at radius 1 is 1.04 bits per heavy atom. The van der Waals surface area contributed by atoms with Gasteiger partial charge in [-0.3, -0.25) is 0 Å². The highest BCUT2D eigenvalue weighted by Gasteiger charge is 2.28. The molecule has 1 atom stereocenters. The Labute approximate surface area is 160 Å². The SMILES string of the molecule is COc1cnc(OC2CCN(c3nc4c(OC)ccc(OC)c4s3)C2)nc1. The minimum atomic E-state index is 0.00852. The average Bonchev–Trinajstić information content (AvgIpc) is 3.35. The maximum Gasteiger partial charge on any atom is 0.316 e. The van der Waals surface area contributed by atoms with Gasteiger partial charge in [-0.1, -0.05) is 11.3 Å². The van der Waals surface area contributed by atoms with Crippen LogP contribution in [0.5, 0.6) is 23.3 Å². The van der Waals surface area contributed by atoms with Gasteiger partial charge in [0, 0.05) is 13.0 Å². The van der Waals surface area contributed by atoms with Gasteiger partial charge in [-0.15, -0.1) is 0 Å². The van der Waals surface area contributed by atoms with Crippen LogP contribution in [0, 0.1) is 0 Å². The molecule has 1 aliphatic heterocycles. The van der Waals surface area contributed by atoms with Gasteiger partial charge in [-0.05, 0) is 12.1 Å². The smallest absolute Gasteiger partial charge is 0.316 e. The van der Waals surface area contributed by atoms with E-state index in [1.807, 2.05) is 12.1 Å². The molecule has 1 aliphatic rings. The fourth-order valence-electron chi connectivity index (χ4n) is 3.03. The normalized spacial score (nSPS) is 16.6. The summed E-state index contributed by atoms with van der Waals surface area (Å²) in [6, 6.07) is 4.14. The first-order chi connectivity index (χ1) is 13.2.